The summed E-state index contributed by atoms with van der Waals surface area (Å²) >= 11 is 0. The van der Waals surface area contributed by atoms with Gasteiger partial charge in [-0.3, -0.25) is 14.4 Å². The number of rotatable bonds is 10. The SMILES string of the molecule is CCCCCC[C@H](C)[C@H]1CC(=O)N[C@@H](Cc2ccccc2)C(=O)N[C@@H](C)C(=O)N[C@H](CC(C)C)C(=O)O1. The topological polar surface area (TPSA) is 114 Å². The highest BCUT2D eigenvalue weighted by molar-refractivity contribution is 5.94. The third-order valence-corrected chi connectivity index (χ3v) is 6.80. The summed E-state index contributed by atoms with van der Waals surface area (Å²) in [6, 6.07) is 6.78. The van der Waals surface area contributed by atoms with Crippen LogP contribution in [0.25, 0.3) is 0 Å². The number of nitrogens with one attached hydrogen (secondary N) is 3. The van der Waals surface area contributed by atoms with E-state index in [4.69, 9.17) is 4.74 Å². The molecule has 37 heavy (non-hydrogen) atoms. The van der Waals surface area contributed by atoms with Gasteiger partial charge < -0.3 is 20.7 Å². The molecular weight excluding hydrogens is 470 g/mol. The number of unbranched alkanes of at least 4 members (excludes halogenated alkanes) is 3. The van der Waals surface area contributed by atoms with Gasteiger partial charge in [0.05, 0.1) is 6.42 Å². The van der Waals surface area contributed by atoms with Crippen LogP contribution in [0.4, 0.5) is 0 Å². The zero-order valence-electron chi connectivity index (χ0n) is 23.0. The molecule has 0 radical (unpaired) electrons. The van der Waals surface area contributed by atoms with E-state index >= 15 is 0 Å². The fourth-order valence-electron chi connectivity index (χ4n) is 4.53. The quantitative estimate of drug-likeness (QED) is 0.325. The highest BCUT2D eigenvalue weighted by atomic mass is 16.5. The molecule has 1 aliphatic rings. The van der Waals surface area contributed by atoms with E-state index in [-0.39, 0.29) is 30.6 Å². The van der Waals surface area contributed by atoms with Crippen molar-refractivity contribution in [3.8, 4) is 0 Å². The maximum atomic E-state index is 13.2. The molecule has 0 unspecified atom stereocenters. The van der Waals surface area contributed by atoms with E-state index in [2.05, 4.69) is 22.9 Å². The van der Waals surface area contributed by atoms with Crippen LogP contribution in [0.5, 0.6) is 0 Å². The molecule has 1 aliphatic heterocycles. The normalized spacial score (nSPS) is 24.6. The molecule has 0 aromatic heterocycles. The van der Waals surface area contributed by atoms with Crippen LogP contribution in [-0.4, -0.2) is 47.9 Å². The minimum absolute atomic E-state index is 0.0445. The van der Waals surface area contributed by atoms with E-state index < -0.39 is 42.0 Å². The first-order valence-corrected chi connectivity index (χ1v) is 13.7. The van der Waals surface area contributed by atoms with E-state index in [1.165, 1.54) is 0 Å². The lowest BCUT2D eigenvalue weighted by molar-refractivity contribution is -0.157. The first kappa shape index (κ1) is 30.3. The number of ether oxygens (including phenoxy) is 1. The van der Waals surface area contributed by atoms with Gasteiger partial charge in [0.2, 0.25) is 17.7 Å². The molecule has 1 aromatic rings. The van der Waals surface area contributed by atoms with Crippen molar-refractivity contribution < 1.29 is 23.9 Å². The molecule has 3 amide bonds. The van der Waals surface area contributed by atoms with Crippen LogP contribution < -0.4 is 16.0 Å². The lowest BCUT2D eigenvalue weighted by Crippen LogP contribution is -2.55. The first-order chi connectivity index (χ1) is 17.6. The maximum absolute atomic E-state index is 13.2. The van der Waals surface area contributed by atoms with Crippen molar-refractivity contribution in [3.05, 3.63) is 35.9 Å². The Labute approximate surface area is 221 Å². The molecule has 1 saturated heterocycles. The van der Waals surface area contributed by atoms with Crippen LogP contribution in [-0.2, 0) is 30.3 Å². The van der Waals surface area contributed by atoms with Crippen LogP contribution in [0.1, 0.15) is 85.1 Å². The average molecular weight is 516 g/mol. The third kappa shape index (κ3) is 10.5. The molecule has 5 atom stereocenters. The minimum Gasteiger partial charge on any atom is -0.460 e. The fourth-order valence-corrected chi connectivity index (χ4v) is 4.53. The van der Waals surface area contributed by atoms with Gasteiger partial charge in [-0.25, -0.2) is 4.79 Å². The maximum Gasteiger partial charge on any atom is 0.328 e. The molecule has 0 spiro atoms. The number of carbonyl (C=O) groups is 4. The van der Waals surface area contributed by atoms with Crippen LogP contribution in [0, 0.1) is 11.8 Å². The molecule has 206 valence electrons. The highest BCUT2D eigenvalue weighted by Crippen LogP contribution is 2.21. The summed E-state index contributed by atoms with van der Waals surface area (Å²) in [6.45, 7) is 9.62. The van der Waals surface area contributed by atoms with Crippen LogP contribution in [0.15, 0.2) is 30.3 Å². The number of esters is 1. The smallest absolute Gasteiger partial charge is 0.328 e. The van der Waals surface area contributed by atoms with Crippen molar-refractivity contribution in [1.82, 2.24) is 16.0 Å². The molecule has 0 bridgehead atoms. The number of amides is 3. The summed E-state index contributed by atoms with van der Waals surface area (Å²) in [5.41, 5.74) is 0.883. The van der Waals surface area contributed by atoms with Gasteiger partial charge in [0.15, 0.2) is 0 Å². The van der Waals surface area contributed by atoms with Crippen molar-refractivity contribution in [3.63, 3.8) is 0 Å². The van der Waals surface area contributed by atoms with Crippen molar-refractivity contribution >= 4 is 23.7 Å². The molecular formula is C29H45N3O5. The lowest BCUT2D eigenvalue weighted by atomic mass is 9.94. The second-order valence-electron chi connectivity index (χ2n) is 10.7. The Bertz CT molecular complexity index is 889. The Morgan fingerprint density at radius 3 is 2.24 bits per heavy atom. The van der Waals surface area contributed by atoms with Crippen LogP contribution in [0.3, 0.4) is 0 Å². The zero-order chi connectivity index (χ0) is 27.4. The van der Waals surface area contributed by atoms with Gasteiger partial charge in [0.1, 0.15) is 24.2 Å². The Morgan fingerprint density at radius 2 is 1.59 bits per heavy atom. The molecule has 2 rings (SSSR count). The number of benzene rings is 1. The Morgan fingerprint density at radius 1 is 0.892 bits per heavy atom. The summed E-state index contributed by atoms with van der Waals surface area (Å²) in [5, 5.41) is 8.31. The van der Waals surface area contributed by atoms with E-state index in [0.717, 1.165) is 37.7 Å². The average Bonchev–Trinajstić information content (AvgIpc) is 2.85. The van der Waals surface area contributed by atoms with E-state index in [1.807, 2.05) is 51.1 Å². The van der Waals surface area contributed by atoms with Crippen LogP contribution >= 0.6 is 0 Å². The summed E-state index contributed by atoms with van der Waals surface area (Å²) in [6.07, 6.45) is 5.10. The predicted molar refractivity (Wildman–Crippen MR) is 143 cm³/mol. The van der Waals surface area contributed by atoms with Crippen molar-refractivity contribution in [2.24, 2.45) is 11.8 Å². The predicted octanol–water partition coefficient (Wildman–Crippen LogP) is 3.67. The minimum atomic E-state index is -0.890. The van der Waals surface area contributed by atoms with E-state index in [0.29, 0.717) is 6.42 Å². The van der Waals surface area contributed by atoms with Gasteiger partial charge in [-0.05, 0) is 37.2 Å². The molecule has 0 aliphatic carbocycles. The summed E-state index contributed by atoms with van der Waals surface area (Å²) in [5.74, 6) is -1.74. The molecule has 1 aromatic carbocycles. The van der Waals surface area contributed by atoms with Gasteiger partial charge >= 0.3 is 5.97 Å². The van der Waals surface area contributed by atoms with Crippen molar-refractivity contribution in [2.45, 2.75) is 110 Å². The Kier molecular flexibility index (Phi) is 12.6. The van der Waals surface area contributed by atoms with Crippen molar-refractivity contribution in [2.75, 3.05) is 0 Å². The number of hydrogen-bond acceptors (Lipinski definition) is 5. The zero-order valence-corrected chi connectivity index (χ0v) is 23.0. The molecule has 3 N–H and O–H groups in total. The van der Waals surface area contributed by atoms with Crippen molar-refractivity contribution in [1.29, 1.82) is 0 Å². The fraction of sp³-hybridized carbons (Fsp3) is 0.655. The summed E-state index contributed by atoms with van der Waals surface area (Å²) in [7, 11) is 0. The molecule has 0 saturated carbocycles. The number of cyclic esters (lactones) is 1. The molecule has 8 nitrogen and oxygen atoms in total. The third-order valence-electron chi connectivity index (χ3n) is 6.80. The van der Waals surface area contributed by atoms with Crippen LogP contribution in [0.2, 0.25) is 0 Å². The summed E-state index contributed by atoms with van der Waals surface area (Å²) in [4.78, 5) is 52.5. The molecule has 1 fully saturated rings. The standard InChI is InChI=1S/C29H45N3O5/c1-6-7-8-10-13-20(4)25-18-26(33)31-23(17-22-14-11-9-12-15-22)28(35)30-21(5)27(34)32-24(16-19(2)3)29(36)37-25/h9,11-12,14-15,19-21,23-25H,6-8,10,13,16-18H2,1-5H3,(H,30,35)(H,31,33)(H,32,34)/t20-,21-,23-,24+,25+/m0/s1. The number of hydrogen-bond donors (Lipinski definition) is 3. The first-order valence-electron chi connectivity index (χ1n) is 13.7. The lowest BCUT2D eigenvalue weighted by Gasteiger charge is -2.27. The Hall–Kier alpha value is -2.90. The van der Waals surface area contributed by atoms with E-state index in [9.17, 15) is 19.2 Å². The highest BCUT2D eigenvalue weighted by Gasteiger charge is 2.33. The summed E-state index contributed by atoms with van der Waals surface area (Å²) < 4.78 is 5.91. The molecule has 1 heterocycles. The van der Waals surface area contributed by atoms with Gasteiger partial charge in [0.25, 0.3) is 0 Å². The number of carbonyl (C=O) groups excluding carboxylic acids is 4. The van der Waals surface area contributed by atoms with Gasteiger partial charge in [0, 0.05) is 6.42 Å². The monoisotopic (exact) mass is 515 g/mol. The van der Waals surface area contributed by atoms with Gasteiger partial charge in [-0.1, -0.05) is 83.7 Å². The van der Waals surface area contributed by atoms with Gasteiger partial charge in [-0.2, -0.15) is 0 Å². The largest absolute Gasteiger partial charge is 0.460 e. The molecule has 8 heteroatoms. The second kappa shape index (κ2) is 15.4. The second-order valence-corrected chi connectivity index (χ2v) is 10.7. The van der Waals surface area contributed by atoms with Gasteiger partial charge in [-0.15, -0.1) is 0 Å². The van der Waals surface area contributed by atoms with E-state index in [1.54, 1.807) is 6.92 Å². The Balaban J connectivity index is 2.32.